The van der Waals surface area contributed by atoms with Crippen LogP contribution in [0.1, 0.15) is 32.3 Å². The van der Waals surface area contributed by atoms with Gasteiger partial charge in [-0.05, 0) is 49.8 Å². The number of hydrogen-bond donors (Lipinski definition) is 1. The predicted octanol–water partition coefficient (Wildman–Crippen LogP) is 3.20. The van der Waals surface area contributed by atoms with Crippen LogP contribution >= 0.6 is 0 Å². The molecule has 1 aromatic rings. The molecular formula is C16H25FN2. The van der Waals surface area contributed by atoms with Gasteiger partial charge >= 0.3 is 0 Å². The second-order valence-electron chi connectivity index (χ2n) is 5.84. The zero-order valence-electron chi connectivity index (χ0n) is 12.0. The van der Waals surface area contributed by atoms with Crippen LogP contribution in [-0.2, 0) is 6.42 Å². The molecule has 2 N–H and O–H groups in total. The van der Waals surface area contributed by atoms with E-state index in [2.05, 4.69) is 18.7 Å². The Morgan fingerprint density at radius 1 is 1.32 bits per heavy atom. The van der Waals surface area contributed by atoms with Crippen LogP contribution in [-0.4, -0.2) is 19.6 Å². The van der Waals surface area contributed by atoms with E-state index in [9.17, 15) is 4.39 Å². The van der Waals surface area contributed by atoms with E-state index in [1.165, 1.54) is 18.9 Å². The number of hydrogen-bond acceptors (Lipinski definition) is 2. The highest BCUT2D eigenvalue weighted by molar-refractivity contribution is 5.54. The maximum absolute atomic E-state index is 13.9. The van der Waals surface area contributed by atoms with Crippen molar-refractivity contribution in [3.63, 3.8) is 0 Å². The van der Waals surface area contributed by atoms with Crippen molar-refractivity contribution in [1.82, 2.24) is 0 Å². The van der Waals surface area contributed by atoms with Crippen molar-refractivity contribution in [3.8, 4) is 0 Å². The van der Waals surface area contributed by atoms with Crippen LogP contribution in [0.3, 0.4) is 0 Å². The average Bonchev–Trinajstić information content (AvgIpc) is 2.41. The van der Waals surface area contributed by atoms with E-state index < -0.39 is 0 Å². The Morgan fingerprint density at radius 2 is 2.00 bits per heavy atom. The van der Waals surface area contributed by atoms with Crippen molar-refractivity contribution in [1.29, 1.82) is 0 Å². The molecule has 1 aromatic carbocycles. The molecule has 0 unspecified atom stereocenters. The van der Waals surface area contributed by atoms with Gasteiger partial charge in [-0.3, -0.25) is 0 Å². The van der Waals surface area contributed by atoms with Crippen LogP contribution in [0.2, 0.25) is 0 Å². The zero-order chi connectivity index (χ0) is 13.8. The minimum Gasteiger partial charge on any atom is -0.371 e. The molecule has 19 heavy (non-hydrogen) atoms. The highest BCUT2D eigenvalue weighted by atomic mass is 19.1. The van der Waals surface area contributed by atoms with Crippen molar-refractivity contribution in [2.75, 3.05) is 24.5 Å². The summed E-state index contributed by atoms with van der Waals surface area (Å²) in [5, 5.41) is 0. The summed E-state index contributed by atoms with van der Waals surface area (Å²) in [5.41, 5.74) is 7.44. The second kappa shape index (κ2) is 6.38. The minimum atomic E-state index is -0.117. The second-order valence-corrected chi connectivity index (χ2v) is 5.84. The molecular weight excluding hydrogens is 239 g/mol. The van der Waals surface area contributed by atoms with Gasteiger partial charge in [0, 0.05) is 24.3 Å². The molecule has 3 heteroatoms. The fraction of sp³-hybridized carbons (Fsp3) is 0.625. The first-order valence-electron chi connectivity index (χ1n) is 7.36. The Balaban J connectivity index is 2.13. The van der Waals surface area contributed by atoms with Crippen LogP contribution in [0.4, 0.5) is 10.1 Å². The maximum atomic E-state index is 13.9. The molecule has 0 saturated carbocycles. The van der Waals surface area contributed by atoms with Crippen molar-refractivity contribution in [2.45, 2.75) is 33.1 Å². The lowest BCUT2D eigenvalue weighted by Gasteiger charge is -2.36. The van der Waals surface area contributed by atoms with Gasteiger partial charge < -0.3 is 10.6 Å². The number of nitrogens with zero attached hydrogens (tertiary/aromatic N) is 1. The fourth-order valence-corrected chi connectivity index (χ4v) is 3.04. The fourth-order valence-electron chi connectivity index (χ4n) is 3.04. The molecule has 0 aliphatic carbocycles. The number of piperidine rings is 1. The molecule has 0 aromatic heterocycles. The van der Waals surface area contributed by atoms with Gasteiger partial charge in [0.05, 0.1) is 0 Å². The minimum absolute atomic E-state index is 0.117. The smallest absolute Gasteiger partial charge is 0.128 e. The number of benzene rings is 1. The van der Waals surface area contributed by atoms with E-state index in [0.29, 0.717) is 13.0 Å². The SMILES string of the molecule is CC(C)C1CCN(c2cccc(F)c2CCN)CC1. The summed E-state index contributed by atoms with van der Waals surface area (Å²) in [7, 11) is 0. The number of halogens is 1. The van der Waals surface area contributed by atoms with Gasteiger partial charge in [0.15, 0.2) is 0 Å². The Hall–Kier alpha value is -1.09. The summed E-state index contributed by atoms with van der Waals surface area (Å²) in [5.74, 6) is 1.44. The molecule has 1 fully saturated rings. The molecule has 0 radical (unpaired) electrons. The largest absolute Gasteiger partial charge is 0.371 e. The van der Waals surface area contributed by atoms with E-state index >= 15 is 0 Å². The van der Waals surface area contributed by atoms with Crippen LogP contribution in [0, 0.1) is 17.7 Å². The lowest BCUT2D eigenvalue weighted by atomic mass is 9.86. The third-order valence-corrected chi connectivity index (χ3v) is 4.31. The standard InChI is InChI=1S/C16H25FN2/c1-12(2)13-7-10-19(11-8-13)16-5-3-4-15(17)14(16)6-9-18/h3-5,12-13H,6-11,18H2,1-2H3. The predicted molar refractivity (Wildman–Crippen MR) is 78.9 cm³/mol. The van der Waals surface area contributed by atoms with Gasteiger partial charge in [-0.1, -0.05) is 19.9 Å². The van der Waals surface area contributed by atoms with Crippen molar-refractivity contribution >= 4 is 5.69 Å². The first-order chi connectivity index (χ1) is 9.13. The molecule has 1 aliphatic heterocycles. The highest BCUT2D eigenvalue weighted by Crippen LogP contribution is 2.30. The summed E-state index contributed by atoms with van der Waals surface area (Å²) in [6.07, 6.45) is 3.03. The molecule has 1 heterocycles. The van der Waals surface area contributed by atoms with Crippen LogP contribution in [0.5, 0.6) is 0 Å². The molecule has 2 rings (SSSR count). The molecule has 0 bridgehead atoms. The van der Waals surface area contributed by atoms with Crippen molar-refractivity contribution in [3.05, 3.63) is 29.6 Å². The third-order valence-electron chi connectivity index (χ3n) is 4.31. The lowest BCUT2D eigenvalue weighted by Crippen LogP contribution is -2.36. The molecule has 0 spiro atoms. The molecule has 1 saturated heterocycles. The average molecular weight is 264 g/mol. The summed E-state index contributed by atoms with van der Waals surface area (Å²) in [6.45, 7) is 7.15. The van der Waals surface area contributed by atoms with Crippen LogP contribution in [0.15, 0.2) is 18.2 Å². The molecule has 1 aliphatic rings. The number of nitrogens with two attached hydrogens (primary N) is 1. The van der Waals surface area contributed by atoms with Gasteiger partial charge in [-0.15, -0.1) is 0 Å². The van der Waals surface area contributed by atoms with Crippen molar-refractivity contribution < 1.29 is 4.39 Å². The number of anilines is 1. The Morgan fingerprint density at radius 3 is 2.58 bits per heavy atom. The normalized spacial score (nSPS) is 17.2. The summed E-state index contributed by atoms with van der Waals surface area (Å²) >= 11 is 0. The Bertz CT molecular complexity index is 409. The van der Waals surface area contributed by atoms with Gasteiger partial charge in [0.2, 0.25) is 0 Å². The summed E-state index contributed by atoms with van der Waals surface area (Å²) in [6, 6.07) is 5.37. The first kappa shape index (κ1) is 14.3. The van der Waals surface area contributed by atoms with Gasteiger partial charge in [0.25, 0.3) is 0 Å². The zero-order valence-corrected chi connectivity index (χ0v) is 12.0. The van der Waals surface area contributed by atoms with E-state index in [-0.39, 0.29) is 5.82 Å². The summed E-state index contributed by atoms with van der Waals surface area (Å²) < 4.78 is 13.9. The van der Waals surface area contributed by atoms with E-state index in [0.717, 1.165) is 36.2 Å². The summed E-state index contributed by atoms with van der Waals surface area (Å²) in [4.78, 5) is 2.33. The Labute approximate surface area is 115 Å². The lowest BCUT2D eigenvalue weighted by molar-refractivity contribution is 0.311. The van der Waals surface area contributed by atoms with E-state index in [4.69, 9.17) is 5.73 Å². The number of rotatable bonds is 4. The maximum Gasteiger partial charge on any atom is 0.128 e. The Kier molecular flexibility index (Phi) is 4.81. The first-order valence-corrected chi connectivity index (χ1v) is 7.36. The van der Waals surface area contributed by atoms with Gasteiger partial charge in [-0.2, -0.15) is 0 Å². The molecule has 0 atom stereocenters. The molecule has 0 amide bonds. The van der Waals surface area contributed by atoms with Crippen LogP contribution in [0.25, 0.3) is 0 Å². The van der Waals surface area contributed by atoms with E-state index in [1.807, 2.05) is 6.07 Å². The van der Waals surface area contributed by atoms with Gasteiger partial charge in [-0.25, -0.2) is 4.39 Å². The molecule has 106 valence electrons. The quantitative estimate of drug-likeness (QED) is 0.905. The molecule has 2 nitrogen and oxygen atoms in total. The third kappa shape index (κ3) is 3.27. The highest BCUT2D eigenvalue weighted by Gasteiger charge is 2.23. The monoisotopic (exact) mass is 264 g/mol. The van der Waals surface area contributed by atoms with Gasteiger partial charge in [0.1, 0.15) is 5.82 Å². The van der Waals surface area contributed by atoms with E-state index in [1.54, 1.807) is 6.07 Å². The topological polar surface area (TPSA) is 29.3 Å². The van der Waals surface area contributed by atoms with Crippen molar-refractivity contribution in [2.24, 2.45) is 17.6 Å². The van der Waals surface area contributed by atoms with Crippen LogP contribution < -0.4 is 10.6 Å².